The van der Waals surface area contributed by atoms with Crippen LogP contribution in [-0.2, 0) is 20.2 Å². The number of likely N-dealkylation sites (N-methyl/N-ethyl adjacent to an activating group) is 1. The van der Waals surface area contributed by atoms with Crippen molar-refractivity contribution in [3.63, 3.8) is 0 Å². The lowest BCUT2D eigenvalue weighted by Crippen LogP contribution is -2.64. The molecular weight excluding hydrogens is 567 g/mol. The topological polar surface area (TPSA) is 171 Å². The summed E-state index contributed by atoms with van der Waals surface area (Å²) in [4.78, 5) is 25.7. The van der Waals surface area contributed by atoms with E-state index in [0.717, 1.165) is 11.8 Å². The lowest BCUT2D eigenvalue weighted by Gasteiger charge is -2.46. The summed E-state index contributed by atoms with van der Waals surface area (Å²) in [5, 5.41) is 17.9. The summed E-state index contributed by atoms with van der Waals surface area (Å²) < 4.78 is 48.0. The average Bonchev–Trinajstić information content (AvgIpc) is 3.50. The molecule has 16 heteroatoms. The van der Waals surface area contributed by atoms with Gasteiger partial charge in [-0.3, -0.25) is 14.5 Å². The molecule has 0 radical (unpaired) electrons. The van der Waals surface area contributed by atoms with Crippen LogP contribution in [0.15, 0.2) is 30.6 Å². The molecule has 0 unspecified atom stereocenters. The fraction of sp³-hybridized carbons (Fsp3) is 0.385. The molecule has 1 fully saturated rings. The maximum atomic E-state index is 15.6. The summed E-state index contributed by atoms with van der Waals surface area (Å²) >= 11 is 0. The lowest BCUT2D eigenvalue weighted by atomic mass is 9.73. The molecule has 1 amide bonds. The molecule has 1 aromatic carbocycles. The summed E-state index contributed by atoms with van der Waals surface area (Å²) in [6.07, 6.45) is 4.02. The fourth-order valence-corrected chi connectivity index (χ4v) is 6.08. The molecule has 0 saturated carbocycles. The standard InChI is InChI=1S/C26H29FN10O4S/c1-14(2)28-5-6-41-23-20(33-42(4,39)40)7-15(10-30-23)16-8-17-19(9-18(16)27)29-11-21-22(17)26(24(38)36(21)3)12-37(13-26)25-31-34-35-32-25/h7-11,14,28,33H,5-6,12-13H2,1-4H3,(H,31,32,34,35). The second kappa shape index (κ2) is 10.1. The van der Waals surface area contributed by atoms with Crippen LogP contribution in [0.2, 0.25) is 0 Å². The number of carbonyl (C=O) groups excluding carboxylic acids is 1. The number of rotatable bonds is 9. The maximum absolute atomic E-state index is 15.6. The van der Waals surface area contributed by atoms with Gasteiger partial charge in [-0.05, 0) is 17.3 Å². The van der Waals surface area contributed by atoms with E-state index in [1.807, 2.05) is 18.7 Å². The van der Waals surface area contributed by atoms with E-state index >= 15 is 4.39 Å². The van der Waals surface area contributed by atoms with E-state index in [1.165, 1.54) is 18.3 Å². The molecule has 6 rings (SSSR count). The molecule has 5 heterocycles. The number of hydrogen-bond donors (Lipinski definition) is 3. The van der Waals surface area contributed by atoms with Crippen LogP contribution in [0.3, 0.4) is 0 Å². The highest BCUT2D eigenvalue weighted by Crippen LogP contribution is 2.50. The van der Waals surface area contributed by atoms with Gasteiger partial charge in [0.15, 0.2) is 0 Å². The van der Waals surface area contributed by atoms with E-state index in [-0.39, 0.29) is 35.7 Å². The van der Waals surface area contributed by atoms with Crippen LogP contribution in [-0.4, -0.2) is 90.5 Å². The molecule has 14 nitrogen and oxygen atoms in total. The number of aromatic amines is 1. The molecular formula is C26H29FN10O4S. The van der Waals surface area contributed by atoms with Gasteiger partial charge in [-0.25, -0.2) is 17.8 Å². The van der Waals surface area contributed by atoms with Gasteiger partial charge in [0.2, 0.25) is 21.8 Å². The Balaban J connectivity index is 1.41. The Morgan fingerprint density at radius 2 is 1.98 bits per heavy atom. The van der Waals surface area contributed by atoms with Crippen molar-refractivity contribution >= 4 is 44.2 Å². The summed E-state index contributed by atoms with van der Waals surface area (Å²) in [6.45, 7) is 5.40. The number of benzene rings is 1. The first-order chi connectivity index (χ1) is 20.0. The minimum Gasteiger partial charge on any atom is -0.475 e. The number of anilines is 3. The van der Waals surface area contributed by atoms with Crippen molar-refractivity contribution in [2.24, 2.45) is 0 Å². The molecule has 1 spiro atoms. The zero-order chi connectivity index (χ0) is 29.8. The van der Waals surface area contributed by atoms with Crippen molar-refractivity contribution < 1.29 is 22.3 Å². The molecule has 3 aromatic heterocycles. The predicted molar refractivity (Wildman–Crippen MR) is 154 cm³/mol. The number of nitrogens with one attached hydrogen (secondary N) is 3. The van der Waals surface area contributed by atoms with Gasteiger partial charge in [0.1, 0.15) is 23.5 Å². The fourth-order valence-electron chi connectivity index (χ4n) is 5.53. The highest BCUT2D eigenvalue weighted by atomic mass is 32.2. The van der Waals surface area contributed by atoms with Gasteiger partial charge < -0.3 is 19.9 Å². The van der Waals surface area contributed by atoms with Gasteiger partial charge in [-0.2, -0.15) is 5.21 Å². The molecule has 0 aliphatic carbocycles. The number of H-pyrrole nitrogens is 1. The van der Waals surface area contributed by atoms with Crippen LogP contribution in [0.25, 0.3) is 22.0 Å². The second-order valence-electron chi connectivity index (χ2n) is 10.8. The first-order valence-corrected chi connectivity index (χ1v) is 15.1. The second-order valence-corrected chi connectivity index (χ2v) is 12.5. The van der Waals surface area contributed by atoms with Gasteiger partial charge in [0.05, 0.1) is 23.7 Å². The first-order valence-electron chi connectivity index (χ1n) is 13.2. The van der Waals surface area contributed by atoms with Crippen LogP contribution < -0.4 is 24.6 Å². The number of nitrogens with zero attached hydrogens (tertiary/aromatic N) is 7. The summed E-state index contributed by atoms with van der Waals surface area (Å²) in [5.41, 5.74) is 1.42. The third-order valence-corrected chi connectivity index (χ3v) is 7.97. The van der Waals surface area contributed by atoms with Gasteiger partial charge >= 0.3 is 0 Å². The Morgan fingerprint density at radius 1 is 1.19 bits per heavy atom. The third kappa shape index (κ3) is 4.75. The quantitative estimate of drug-likeness (QED) is 0.239. The number of amides is 1. The Morgan fingerprint density at radius 3 is 2.67 bits per heavy atom. The van der Waals surface area contributed by atoms with Crippen LogP contribution in [0, 0.1) is 5.82 Å². The monoisotopic (exact) mass is 596 g/mol. The minimum atomic E-state index is -3.70. The number of carbonyl (C=O) groups is 1. The van der Waals surface area contributed by atoms with Gasteiger partial charge in [-0.15, -0.1) is 5.10 Å². The Bertz CT molecular complexity index is 1790. The molecule has 0 bridgehead atoms. The molecule has 42 heavy (non-hydrogen) atoms. The maximum Gasteiger partial charge on any atom is 0.265 e. The van der Waals surface area contributed by atoms with Crippen LogP contribution in [0.5, 0.6) is 5.88 Å². The smallest absolute Gasteiger partial charge is 0.265 e. The van der Waals surface area contributed by atoms with Crippen molar-refractivity contribution in [2.45, 2.75) is 25.3 Å². The molecule has 4 aromatic rings. The zero-order valence-electron chi connectivity index (χ0n) is 23.3. The molecule has 220 valence electrons. The highest BCUT2D eigenvalue weighted by molar-refractivity contribution is 7.92. The van der Waals surface area contributed by atoms with E-state index in [1.54, 1.807) is 24.2 Å². The van der Waals surface area contributed by atoms with Crippen LogP contribution in [0.4, 0.5) is 21.7 Å². The summed E-state index contributed by atoms with van der Waals surface area (Å²) in [7, 11) is -2.01. The summed E-state index contributed by atoms with van der Waals surface area (Å²) in [5.74, 6) is -0.229. The third-order valence-electron chi connectivity index (χ3n) is 7.38. The predicted octanol–water partition coefficient (Wildman–Crippen LogP) is 1.43. The van der Waals surface area contributed by atoms with Gasteiger partial charge in [0.25, 0.3) is 5.95 Å². The lowest BCUT2D eigenvalue weighted by molar-refractivity contribution is -0.123. The molecule has 1 saturated heterocycles. The minimum absolute atomic E-state index is 0.0701. The van der Waals surface area contributed by atoms with Crippen LogP contribution in [0.1, 0.15) is 19.4 Å². The number of aromatic nitrogens is 6. The van der Waals surface area contributed by atoms with E-state index < -0.39 is 21.3 Å². The van der Waals surface area contributed by atoms with Crippen molar-refractivity contribution in [3.8, 4) is 17.0 Å². The number of ether oxygens (including phenoxy) is 1. The van der Waals surface area contributed by atoms with Crippen molar-refractivity contribution in [1.29, 1.82) is 0 Å². The SMILES string of the molecule is CC(C)NCCOc1ncc(-c2cc3c4c(cnc3cc2F)N(C)C(=O)C42CN(c3nn[nH]n3)C2)cc1NS(C)(=O)=O. The zero-order valence-corrected chi connectivity index (χ0v) is 24.2. The van der Waals surface area contributed by atoms with E-state index in [4.69, 9.17) is 4.74 Å². The van der Waals surface area contributed by atoms with Gasteiger partial charge in [0, 0.05) is 67.1 Å². The number of pyridine rings is 2. The Labute approximate surface area is 240 Å². The van der Waals surface area contributed by atoms with E-state index in [9.17, 15) is 13.2 Å². The normalized spacial score (nSPS) is 15.9. The molecule has 3 N–H and O–H groups in total. The largest absolute Gasteiger partial charge is 0.475 e. The average molecular weight is 597 g/mol. The van der Waals surface area contributed by atoms with Crippen molar-refractivity contribution in [3.05, 3.63) is 42.0 Å². The number of hydrogen-bond acceptors (Lipinski definition) is 11. The van der Waals surface area contributed by atoms with Crippen LogP contribution >= 0.6 is 0 Å². The van der Waals surface area contributed by atoms with Crippen molar-refractivity contribution in [1.82, 2.24) is 35.9 Å². The molecule has 2 aliphatic rings. The summed E-state index contributed by atoms with van der Waals surface area (Å²) in [6, 6.07) is 4.67. The number of halogens is 1. The number of tetrazole rings is 1. The number of fused-ring (bicyclic) bond motifs is 4. The Kier molecular flexibility index (Phi) is 6.68. The first kappa shape index (κ1) is 27.7. The highest BCUT2D eigenvalue weighted by Gasteiger charge is 2.59. The van der Waals surface area contributed by atoms with E-state index in [2.05, 4.69) is 40.6 Å². The molecule has 0 atom stereocenters. The molecule has 2 aliphatic heterocycles. The van der Waals surface area contributed by atoms with E-state index in [0.29, 0.717) is 47.7 Å². The Hall–Kier alpha value is -4.44. The van der Waals surface area contributed by atoms with Crippen molar-refractivity contribution in [2.75, 3.05) is 54.1 Å². The number of sulfonamides is 1. The van der Waals surface area contributed by atoms with Gasteiger partial charge in [-0.1, -0.05) is 18.9 Å².